The van der Waals surface area contributed by atoms with Crippen molar-refractivity contribution < 1.29 is 9.21 Å². The van der Waals surface area contributed by atoms with E-state index in [0.29, 0.717) is 28.9 Å². The highest BCUT2D eigenvalue weighted by atomic mass is 35.5. The monoisotopic (exact) mass is 389 g/mol. The van der Waals surface area contributed by atoms with Gasteiger partial charge in [-0.2, -0.15) is 0 Å². The van der Waals surface area contributed by atoms with Gasteiger partial charge in [0.1, 0.15) is 0 Å². The SMILES string of the molecule is O=C(NCc1ccccc1Cl)c1ccc(-c2nnc(-c3ccccc3)o2)cc1. The third kappa shape index (κ3) is 3.94. The molecule has 1 heterocycles. The summed E-state index contributed by atoms with van der Waals surface area (Å²) in [5.74, 6) is 0.681. The number of carbonyl (C=O) groups excluding carboxylic acids is 1. The summed E-state index contributed by atoms with van der Waals surface area (Å²) in [5, 5.41) is 11.7. The number of hydrogen-bond donors (Lipinski definition) is 1. The van der Waals surface area contributed by atoms with Gasteiger partial charge in [-0.1, -0.05) is 48.0 Å². The molecule has 4 rings (SSSR count). The molecule has 28 heavy (non-hydrogen) atoms. The molecule has 0 atom stereocenters. The molecular formula is C22H16ClN3O2. The molecule has 1 aromatic heterocycles. The van der Waals surface area contributed by atoms with E-state index in [4.69, 9.17) is 16.0 Å². The van der Waals surface area contributed by atoms with Crippen molar-refractivity contribution in [3.05, 3.63) is 95.0 Å². The molecule has 0 aliphatic heterocycles. The number of benzene rings is 3. The zero-order valence-electron chi connectivity index (χ0n) is 14.8. The van der Waals surface area contributed by atoms with Crippen molar-refractivity contribution in [1.82, 2.24) is 15.5 Å². The fraction of sp³-hybridized carbons (Fsp3) is 0.0455. The Labute approximate surface area is 167 Å². The van der Waals surface area contributed by atoms with E-state index in [1.165, 1.54) is 0 Å². The molecule has 1 amide bonds. The number of halogens is 1. The Hall–Kier alpha value is -3.44. The van der Waals surface area contributed by atoms with Gasteiger partial charge in [-0.3, -0.25) is 4.79 Å². The molecule has 0 spiro atoms. The highest BCUT2D eigenvalue weighted by molar-refractivity contribution is 6.31. The maximum absolute atomic E-state index is 12.4. The van der Waals surface area contributed by atoms with Crippen LogP contribution in [0, 0.1) is 0 Å². The van der Waals surface area contributed by atoms with Crippen LogP contribution >= 0.6 is 11.6 Å². The lowest BCUT2D eigenvalue weighted by atomic mass is 10.1. The van der Waals surface area contributed by atoms with Crippen LogP contribution in [0.15, 0.2) is 83.3 Å². The van der Waals surface area contributed by atoms with Gasteiger partial charge in [-0.15, -0.1) is 10.2 Å². The average Bonchev–Trinajstić information content (AvgIpc) is 3.24. The van der Waals surface area contributed by atoms with Crippen molar-refractivity contribution in [2.45, 2.75) is 6.54 Å². The summed E-state index contributed by atoms with van der Waals surface area (Å²) in [6.07, 6.45) is 0. The molecule has 0 aliphatic carbocycles. The predicted octanol–water partition coefficient (Wildman–Crippen LogP) is 4.99. The first-order chi connectivity index (χ1) is 13.7. The lowest BCUT2D eigenvalue weighted by Crippen LogP contribution is -2.22. The number of carbonyl (C=O) groups is 1. The number of aromatic nitrogens is 2. The van der Waals surface area contributed by atoms with Crippen LogP contribution < -0.4 is 5.32 Å². The quantitative estimate of drug-likeness (QED) is 0.522. The van der Waals surface area contributed by atoms with E-state index < -0.39 is 0 Å². The van der Waals surface area contributed by atoms with Gasteiger partial charge in [-0.25, -0.2) is 0 Å². The van der Waals surface area contributed by atoms with Crippen molar-refractivity contribution in [1.29, 1.82) is 0 Å². The number of hydrogen-bond acceptors (Lipinski definition) is 4. The largest absolute Gasteiger partial charge is 0.416 e. The van der Waals surface area contributed by atoms with Crippen LogP contribution in [0.1, 0.15) is 15.9 Å². The van der Waals surface area contributed by atoms with Gasteiger partial charge in [0.15, 0.2) is 0 Å². The number of nitrogens with zero attached hydrogens (tertiary/aromatic N) is 2. The zero-order valence-corrected chi connectivity index (χ0v) is 15.6. The molecule has 6 heteroatoms. The first-order valence-electron chi connectivity index (χ1n) is 8.72. The van der Waals surface area contributed by atoms with E-state index in [1.807, 2.05) is 48.5 Å². The molecule has 5 nitrogen and oxygen atoms in total. The van der Waals surface area contributed by atoms with E-state index >= 15 is 0 Å². The fourth-order valence-electron chi connectivity index (χ4n) is 2.72. The minimum absolute atomic E-state index is 0.179. The van der Waals surface area contributed by atoms with Crippen molar-refractivity contribution in [3.8, 4) is 22.9 Å². The topological polar surface area (TPSA) is 68.0 Å². The van der Waals surface area contributed by atoms with Crippen LogP contribution in [0.5, 0.6) is 0 Å². The third-order valence-electron chi connectivity index (χ3n) is 4.24. The van der Waals surface area contributed by atoms with E-state index in [-0.39, 0.29) is 5.91 Å². The van der Waals surface area contributed by atoms with Crippen LogP contribution in [0.3, 0.4) is 0 Å². The Morgan fingerprint density at radius 2 is 1.43 bits per heavy atom. The third-order valence-corrected chi connectivity index (χ3v) is 4.61. The number of nitrogens with one attached hydrogen (secondary N) is 1. The van der Waals surface area contributed by atoms with Crippen molar-refractivity contribution in [2.24, 2.45) is 0 Å². The number of amides is 1. The number of rotatable bonds is 5. The van der Waals surface area contributed by atoms with Crippen LogP contribution in [-0.2, 0) is 6.54 Å². The van der Waals surface area contributed by atoms with Gasteiger partial charge in [0.05, 0.1) is 0 Å². The van der Waals surface area contributed by atoms with Crippen LogP contribution in [0.25, 0.3) is 22.9 Å². The maximum Gasteiger partial charge on any atom is 0.251 e. The van der Waals surface area contributed by atoms with Gasteiger partial charge in [-0.05, 0) is 48.0 Å². The van der Waals surface area contributed by atoms with E-state index in [2.05, 4.69) is 15.5 Å². The Kier molecular flexibility index (Phi) is 5.17. The second-order valence-corrected chi connectivity index (χ2v) is 6.54. The summed E-state index contributed by atoms with van der Waals surface area (Å²) < 4.78 is 5.74. The molecule has 0 unspecified atom stereocenters. The van der Waals surface area contributed by atoms with Crippen molar-refractivity contribution in [2.75, 3.05) is 0 Å². The van der Waals surface area contributed by atoms with Crippen molar-refractivity contribution >= 4 is 17.5 Å². The van der Waals surface area contributed by atoms with Crippen LogP contribution in [0.4, 0.5) is 0 Å². The Bertz CT molecular complexity index is 1090. The lowest BCUT2D eigenvalue weighted by Gasteiger charge is -2.07. The van der Waals surface area contributed by atoms with Gasteiger partial charge < -0.3 is 9.73 Å². The maximum atomic E-state index is 12.4. The smallest absolute Gasteiger partial charge is 0.251 e. The summed E-state index contributed by atoms with van der Waals surface area (Å²) in [4.78, 5) is 12.4. The van der Waals surface area contributed by atoms with Crippen molar-refractivity contribution in [3.63, 3.8) is 0 Å². The molecule has 138 valence electrons. The molecular weight excluding hydrogens is 374 g/mol. The molecule has 0 aliphatic rings. The zero-order chi connectivity index (χ0) is 19.3. The Morgan fingerprint density at radius 1 is 0.821 bits per heavy atom. The minimum Gasteiger partial charge on any atom is -0.416 e. The first-order valence-corrected chi connectivity index (χ1v) is 9.09. The highest BCUT2D eigenvalue weighted by Crippen LogP contribution is 2.24. The van der Waals surface area contributed by atoms with Gasteiger partial charge in [0, 0.05) is 28.3 Å². The summed E-state index contributed by atoms with van der Waals surface area (Å²) in [6, 6.07) is 24.0. The minimum atomic E-state index is -0.179. The van der Waals surface area contributed by atoms with Crippen LogP contribution in [-0.4, -0.2) is 16.1 Å². The Morgan fingerprint density at radius 3 is 2.11 bits per heavy atom. The van der Waals surface area contributed by atoms with Gasteiger partial charge in [0.25, 0.3) is 5.91 Å². The van der Waals surface area contributed by atoms with E-state index in [0.717, 1.165) is 16.7 Å². The summed E-state index contributed by atoms with van der Waals surface area (Å²) in [6.45, 7) is 0.365. The van der Waals surface area contributed by atoms with Crippen LogP contribution in [0.2, 0.25) is 5.02 Å². The van der Waals surface area contributed by atoms with Gasteiger partial charge in [0.2, 0.25) is 11.8 Å². The second kappa shape index (κ2) is 8.06. The lowest BCUT2D eigenvalue weighted by molar-refractivity contribution is 0.0951. The average molecular weight is 390 g/mol. The first kappa shape index (κ1) is 17.9. The van der Waals surface area contributed by atoms with Gasteiger partial charge >= 0.3 is 0 Å². The Balaban J connectivity index is 1.44. The normalized spacial score (nSPS) is 10.6. The van der Waals surface area contributed by atoms with E-state index in [9.17, 15) is 4.79 Å². The molecule has 0 radical (unpaired) electrons. The second-order valence-electron chi connectivity index (χ2n) is 6.13. The molecule has 3 aromatic carbocycles. The summed E-state index contributed by atoms with van der Waals surface area (Å²) in [7, 11) is 0. The predicted molar refractivity (Wildman–Crippen MR) is 108 cm³/mol. The molecule has 4 aromatic rings. The molecule has 0 saturated carbocycles. The molecule has 0 saturated heterocycles. The molecule has 1 N–H and O–H groups in total. The molecule has 0 bridgehead atoms. The van der Waals surface area contributed by atoms with E-state index in [1.54, 1.807) is 30.3 Å². The standard InChI is InChI=1S/C22H16ClN3O2/c23-19-9-5-4-8-18(19)14-24-20(27)15-10-12-17(13-11-15)22-26-25-21(28-22)16-6-2-1-3-7-16/h1-13H,14H2,(H,24,27). The summed E-state index contributed by atoms with van der Waals surface area (Å²) >= 11 is 6.11. The fourth-order valence-corrected chi connectivity index (χ4v) is 2.92. The molecule has 0 fully saturated rings. The highest BCUT2D eigenvalue weighted by Gasteiger charge is 2.12. The summed E-state index contributed by atoms with van der Waals surface area (Å²) in [5.41, 5.74) is 3.01.